The molecule has 0 saturated carbocycles. The van der Waals surface area contributed by atoms with Crippen molar-refractivity contribution < 1.29 is 14.6 Å². The summed E-state index contributed by atoms with van der Waals surface area (Å²) in [6, 6.07) is 7.10. The molecule has 6 nitrogen and oxygen atoms in total. The quantitative estimate of drug-likeness (QED) is 0.847. The molecule has 6 heteroatoms. The third-order valence-corrected chi connectivity index (χ3v) is 3.44. The van der Waals surface area contributed by atoms with Crippen LogP contribution in [0.25, 0.3) is 0 Å². The average molecular weight is 303 g/mol. The Morgan fingerprint density at radius 1 is 1.41 bits per heavy atom. The Labute approximate surface area is 129 Å². The fraction of sp³-hybridized carbons (Fsp3) is 0.375. The summed E-state index contributed by atoms with van der Waals surface area (Å²) in [4.78, 5) is 12.2. The van der Waals surface area contributed by atoms with Gasteiger partial charge in [0.15, 0.2) is 0 Å². The van der Waals surface area contributed by atoms with Gasteiger partial charge in [-0.15, -0.1) is 0 Å². The van der Waals surface area contributed by atoms with Crippen molar-refractivity contribution in [3.63, 3.8) is 0 Å². The van der Waals surface area contributed by atoms with Gasteiger partial charge in [0.2, 0.25) is 0 Å². The van der Waals surface area contributed by atoms with Crippen LogP contribution in [0.3, 0.4) is 0 Å². The summed E-state index contributed by atoms with van der Waals surface area (Å²) < 4.78 is 6.69. The monoisotopic (exact) mass is 303 g/mol. The highest BCUT2D eigenvalue weighted by Crippen LogP contribution is 2.17. The number of hydrogen-bond donors (Lipinski definition) is 2. The summed E-state index contributed by atoms with van der Waals surface area (Å²) in [5, 5.41) is 17.1. The predicted octanol–water partition coefficient (Wildman–Crippen LogP) is 1.45. The van der Waals surface area contributed by atoms with Gasteiger partial charge in [0, 0.05) is 19.8 Å². The topological polar surface area (TPSA) is 76.4 Å². The van der Waals surface area contributed by atoms with Crippen molar-refractivity contribution in [2.75, 3.05) is 13.7 Å². The number of aromatic nitrogens is 2. The van der Waals surface area contributed by atoms with E-state index in [1.807, 2.05) is 6.92 Å². The molecule has 1 heterocycles. The molecule has 0 radical (unpaired) electrons. The van der Waals surface area contributed by atoms with Crippen molar-refractivity contribution in [2.24, 2.45) is 7.05 Å². The molecule has 1 aromatic heterocycles. The molecule has 0 aliphatic rings. The van der Waals surface area contributed by atoms with Crippen molar-refractivity contribution in [3.8, 4) is 5.75 Å². The second-order valence-corrected chi connectivity index (χ2v) is 5.02. The summed E-state index contributed by atoms with van der Waals surface area (Å²) in [6.07, 6.45) is 1.61. The van der Waals surface area contributed by atoms with Crippen LogP contribution in [0, 0.1) is 0 Å². The molecule has 2 N–H and O–H groups in total. The van der Waals surface area contributed by atoms with Crippen molar-refractivity contribution in [3.05, 3.63) is 47.3 Å². The molecule has 1 atom stereocenters. The zero-order chi connectivity index (χ0) is 16.1. The summed E-state index contributed by atoms with van der Waals surface area (Å²) in [7, 11) is 3.37. The fourth-order valence-corrected chi connectivity index (χ4v) is 2.21. The summed E-state index contributed by atoms with van der Waals surface area (Å²) in [5.41, 5.74) is 2.02. The molecule has 1 amide bonds. The number of rotatable bonds is 6. The van der Waals surface area contributed by atoms with E-state index in [9.17, 15) is 9.90 Å². The number of aryl methyl sites for hydroxylation is 2. The number of carbonyl (C=O) groups is 1. The van der Waals surface area contributed by atoms with E-state index in [4.69, 9.17) is 4.74 Å². The third-order valence-electron chi connectivity index (χ3n) is 3.44. The lowest BCUT2D eigenvalue weighted by molar-refractivity contribution is 0.0915. The maximum absolute atomic E-state index is 12.2. The highest BCUT2D eigenvalue weighted by atomic mass is 16.5. The lowest BCUT2D eigenvalue weighted by Gasteiger charge is -2.12. The smallest absolute Gasteiger partial charge is 0.254 e. The molecular weight excluding hydrogens is 282 g/mol. The number of methoxy groups -OCH3 is 1. The Bertz CT molecular complexity index is 635. The van der Waals surface area contributed by atoms with Crippen LogP contribution >= 0.6 is 0 Å². The summed E-state index contributed by atoms with van der Waals surface area (Å²) in [6.45, 7) is 2.09. The number of ether oxygens (including phenoxy) is 1. The second kappa shape index (κ2) is 7.09. The van der Waals surface area contributed by atoms with Gasteiger partial charge in [0.1, 0.15) is 5.75 Å². The molecular formula is C16H21N3O3. The molecule has 2 rings (SSSR count). The number of benzene rings is 1. The minimum Gasteiger partial charge on any atom is -0.497 e. The van der Waals surface area contributed by atoms with Gasteiger partial charge in [-0.3, -0.25) is 9.48 Å². The lowest BCUT2D eigenvalue weighted by atomic mass is 10.1. The molecule has 0 saturated heterocycles. The SMILES string of the molecule is CCc1nn(C)cc1C(=O)NCC(O)c1ccc(OC)cc1. The summed E-state index contributed by atoms with van der Waals surface area (Å²) >= 11 is 0. The standard InChI is InChI=1S/C16H21N3O3/c1-4-14-13(10-19(2)18-14)16(21)17-9-15(20)11-5-7-12(22-3)8-6-11/h5-8,10,15,20H,4,9H2,1-3H3,(H,17,21). The first-order valence-corrected chi connectivity index (χ1v) is 7.17. The van der Waals surface area contributed by atoms with Gasteiger partial charge >= 0.3 is 0 Å². The number of nitrogens with one attached hydrogen (secondary N) is 1. The maximum Gasteiger partial charge on any atom is 0.254 e. The van der Waals surface area contributed by atoms with Crippen LogP contribution in [-0.2, 0) is 13.5 Å². The fourth-order valence-electron chi connectivity index (χ4n) is 2.21. The van der Waals surface area contributed by atoms with E-state index in [-0.39, 0.29) is 12.5 Å². The number of aliphatic hydroxyl groups is 1. The number of amides is 1. The van der Waals surface area contributed by atoms with E-state index in [0.717, 1.165) is 17.0 Å². The van der Waals surface area contributed by atoms with Gasteiger partial charge < -0.3 is 15.2 Å². The molecule has 22 heavy (non-hydrogen) atoms. The van der Waals surface area contributed by atoms with Gasteiger partial charge in [-0.2, -0.15) is 5.10 Å². The zero-order valence-electron chi connectivity index (χ0n) is 13.0. The minimum absolute atomic E-state index is 0.142. The van der Waals surface area contributed by atoms with Crippen LogP contribution in [0.15, 0.2) is 30.5 Å². The summed E-state index contributed by atoms with van der Waals surface area (Å²) in [5.74, 6) is 0.500. The number of aliphatic hydroxyl groups excluding tert-OH is 1. The van der Waals surface area contributed by atoms with E-state index in [1.165, 1.54) is 0 Å². The normalized spacial score (nSPS) is 12.0. The van der Waals surface area contributed by atoms with Crippen LogP contribution in [0.1, 0.15) is 34.6 Å². The van der Waals surface area contributed by atoms with Gasteiger partial charge in [0.05, 0.1) is 24.5 Å². The van der Waals surface area contributed by atoms with Crippen LogP contribution in [-0.4, -0.2) is 34.4 Å². The van der Waals surface area contributed by atoms with Crippen molar-refractivity contribution in [1.82, 2.24) is 15.1 Å². The molecule has 0 spiro atoms. The molecule has 0 aliphatic heterocycles. The molecule has 0 bridgehead atoms. The minimum atomic E-state index is -0.767. The van der Waals surface area contributed by atoms with Gasteiger partial charge in [-0.05, 0) is 24.1 Å². The van der Waals surface area contributed by atoms with Crippen molar-refractivity contribution >= 4 is 5.91 Å². The molecule has 2 aromatic rings. The number of hydrogen-bond acceptors (Lipinski definition) is 4. The highest BCUT2D eigenvalue weighted by molar-refractivity contribution is 5.95. The predicted molar refractivity (Wildman–Crippen MR) is 82.9 cm³/mol. The Hall–Kier alpha value is -2.34. The van der Waals surface area contributed by atoms with Gasteiger partial charge in [-0.1, -0.05) is 19.1 Å². The van der Waals surface area contributed by atoms with E-state index in [2.05, 4.69) is 10.4 Å². The Morgan fingerprint density at radius 3 is 2.68 bits per heavy atom. The number of carbonyl (C=O) groups excluding carboxylic acids is 1. The Morgan fingerprint density at radius 2 is 2.09 bits per heavy atom. The van der Waals surface area contributed by atoms with Crippen molar-refractivity contribution in [1.29, 1.82) is 0 Å². The van der Waals surface area contributed by atoms with E-state index in [1.54, 1.807) is 49.3 Å². The zero-order valence-corrected chi connectivity index (χ0v) is 13.0. The van der Waals surface area contributed by atoms with E-state index < -0.39 is 6.10 Å². The Balaban J connectivity index is 1.97. The maximum atomic E-state index is 12.2. The first-order valence-electron chi connectivity index (χ1n) is 7.17. The van der Waals surface area contributed by atoms with Crippen LogP contribution < -0.4 is 10.1 Å². The second-order valence-electron chi connectivity index (χ2n) is 5.02. The third kappa shape index (κ3) is 3.65. The molecule has 1 aromatic carbocycles. The highest BCUT2D eigenvalue weighted by Gasteiger charge is 2.16. The van der Waals surface area contributed by atoms with Crippen molar-refractivity contribution in [2.45, 2.75) is 19.4 Å². The van der Waals surface area contributed by atoms with Gasteiger partial charge in [0.25, 0.3) is 5.91 Å². The molecule has 1 unspecified atom stereocenters. The average Bonchev–Trinajstić information content (AvgIpc) is 2.93. The molecule has 0 fully saturated rings. The van der Waals surface area contributed by atoms with E-state index in [0.29, 0.717) is 12.0 Å². The number of nitrogens with zero attached hydrogens (tertiary/aromatic N) is 2. The first-order chi connectivity index (χ1) is 10.5. The molecule has 118 valence electrons. The Kier molecular flexibility index (Phi) is 5.16. The van der Waals surface area contributed by atoms with Crippen LogP contribution in [0.5, 0.6) is 5.75 Å². The van der Waals surface area contributed by atoms with Crippen LogP contribution in [0.4, 0.5) is 0 Å². The first kappa shape index (κ1) is 16.0. The van der Waals surface area contributed by atoms with E-state index >= 15 is 0 Å². The largest absolute Gasteiger partial charge is 0.497 e. The van der Waals surface area contributed by atoms with Gasteiger partial charge in [-0.25, -0.2) is 0 Å². The van der Waals surface area contributed by atoms with Crippen LogP contribution in [0.2, 0.25) is 0 Å². The lowest BCUT2D eigenvalue weighted by Crippen LogP contribution is -2.28. The molecule has 0 aliphatic carbocycles.